The average Bonchev–Trinajstić information content (AvgIpc) is 3.24. The first-order chi connectivity index (χ1) is 21.3. The third kappa shape index (κ3) is 4.30. The van der Waals surface area contributed by atoms with Crippen LogP contribution in [0.25, 0.3) is 0 Å². The number of benzene rings is 4. The minimum atomic E-state index is -1.31. The number of fused-ring (bicyclic) bond motifs is 2. The van der Waals surface area contributed by atoms with Gasteiger partial charge in [0, 0.05) is 22.2 Å². The van der Waals surface area contributed by atoms with Crippen LogP contribution in [0.4, 0.5) is 10.1 Å². The monoisotopic (exact) mass is 629 g/mol. The highest BCUT2D eigenvalue weighted by Gasteiger charge is 2.73. The van der Waals surface area contributed by atoms with Crippen LogP contribution < -0.4 is 11.5 Å². The number of esters is 1. The molecule has 1 saturated carbocycles. The first-order valence-corrected chi connectivity index (χ1v) is 15.9. The van der Waals surface area contributed by atoms with Gasteiger partial charge in [-0.2, -0.15) is 0 Å². The van der Waals surface area contributed by atoms with Gasteiger partial charge in [-0.25, -0.2) is 4.39 Å². The quantitative estimate of drug-likeness (QED) is 0.176. The van der Waals surface area contributed by atoms with E-state index >= 15 is 4.39 Å². The molecule has 4 aromatic carbocycles. The molecule has 8 heteroatoms. The van der Waals surface area contributed by atoms with E-state index in [0.717, 1.165) is 30.4 Å². The van der Waals surface area contributed by atoms with Crippen molar-refractivity contribution in [3.8, 4) is 0 Å². The number of ether oxygens (including phenoxy) is 1. The fourth-order valence-corrected chi connectivity index (χ4v) is 8.83. The minimum Gasteiger partial charge on any atom is -0.454 e. The van der Waals surface area contributed by atoms with Gasteiger partial charge in [0.15, 0.2) is 0 Å². The van der Waals surface area contributed by atoms with Crippen molar-refractivity contribution in [1.29, 1.82) is 0 Å². The highest BCUT2D eigenvalue weighted by molar-refractivity contribution is 6.31. The molecular weight excluding hydrogens is 596 g/mol. The van der Waals surface area contributed by atoms with E-state index in [2.05, 4.69) is 17.0 Å². The Morgan fingerprint density at radius 1 is 0.818 bits per heavy atom. The summed E-state index contributed by atoms with van der Waals surface area (Å²) in [6, 6.07) is 28.8. The van der Waals surface area contributed by atoms with Gasteiger partial charge in [0.1, 0.15) is 18.0 Å². The lowest BCUT2D eigenvalue weighted by Gasteiger charge is -2.55. The molecule has 3 aliphatic rings. The van der Waals surface area contributed by atoms with Crippen LogP contribution in [0, 0.1) is 5.82 Å². The molecule has 0 aromatic heterocycles. The predicted octanol–water partition coefficient (Wildman–Crippen LogP) is 8.08. The molecule has 0 unspecified atom stereocenters. The number of nitrogens with two attached hydrogens (primary N) is 2. The molecule has 1 aliphatic carbocycles. The molecule has 2 aliphatic heterocycles. The summed E-state index contributed by atoms with van der Waals surface area (Å²) < 4.78 is 22.7. The maximum Gasteiger partial charge on any atom is 0.324 e. The van der Waals surface area contributed by atoms with E-state index < -0.39 is 47.0 Å². The molecule has 3 fully saturated rings. The lowest BCUT2D eigenvalue weighted by atomic mass is 9.60. The zero-order chi connectivity index (χ0) is 30.6. The fourth-order valence-electron chi connectivity index (χ4n) is 8.46. The molecule has 4 N–H and O–H groups in total. The summed E-state index contributed by atoms with van der Waals surface area (Å²) >= 11 is 12.8. The van der Waals surface area contributed by atoms with E-state index in [1.807, 2.05) is 54.6 Å². The summed E-state index contributed by atoms with van der Waals surface area (Å²) in [6.45, 7) is 0. The van der Waals surface area contributed by atoms with E-state index in [-0.39, 0.29) is 10.6 Å². The van der Waals surface area contributed by atoms with Gasteiger partial charge in [-0.15, -0.1) is 0 Å². The SMILES string of the molecule is Nc1cc(Cl)ccc1[C@@]1(N)[C@@H](c2cccc(Cl)c2F)[C@@H]2C(=O)O[C@@H](c3ccccc3)[C@@H](c3ccccc3)N2C12CCCCC2. The Balaban J connectivity index is 1.57. The topological polar surface area (TPSA) is 81.6 Å². The van der Waals surface area contributed by atoms with Crippen LogP contribution in [0.2, 0.25) is 10.0 Å². The Morgan fingerprint density at radius 3 is 2.14 bits per heavy atom. The molecular formula is C36H34Cl2FN3O2. The minimum absolute atomic E-state index is 0.0315. The van der Waals surface area contributed by atoms with Crippen molar-refractivity contribution < 1.29 is 13.9 Å². The van der Waals surface area contributed by atoms with Gasteiger partial charge in [0.25, 0.3) is 0 Å². The highest BCUT2D eigenvalue weighted by Crippen LogP contribution is 2.66. The summed E-state index contributed by atoms with van der Waals surface area (Å²) in [7, 11) is 0. The molecule has 5 nitrogen and oxygen atoms in total. The molecule has 1 spiro atoms. The van der Waals surface area contributed by atoms with Gasteiger partial charge in [0.2, 0.25) is 0 Å². The van der Waals surface area contributed by atoms with Crippen LogP contribution in [0.5, 0.6) is 0 Å². The Morgan fingerprint density at radius 2 is 1.48 bits per heavy atom. The first kappa shape index (κ1) is 29.3. The number of nitrogen functional groups attached to an aromatic ring is 1. The van der Waals surface area contributed by atoms with Gasteiger partial charge in [0.05, 0.1) is 16.6 Å². The van der Waals surface area contributed by atoms with Crippen LogP contribution in [0.1, 0.15) is 72.4 Å². The Bertz CT molecular complexity index is 1700. The average molecular weight is 631 g/mol. The number of cyclic esters (lactones) is 1. The molecule has 226 valence electrons. The van der Waals surface area contributed by atoms with E-state index in [9.17, 15) is 4.79 Å². The summed E-state index contributed by atoms with van der Waals surface area (Å²) in [6.07, 6.45) is 3.60. The Labute approximate surface area is 266 Å². The van der Waals surface area contributed by atoms with E-state index in [0.29, 0.717) is 29.1 Å². The lowest BCUT2D eigenvalue weighted by Crippen LogP contribution is -2.65. The van der Waals surface area contributed by atoms with Crippen LogP contribution in [-0.4, -0.2) is 22.4 Å². The summed E-state index contributed by atoms with van der Waals surface area (Å²) in [5.74, 6) is -1.90. The van der Waals surface area contributed by atoms with Gasteiger partial charge < -0.3 is 16.2 Å². The second-order valence-corrected chi connectivity index (χ2v) is 13.1. The highest BCUT2D eigenvalue weighted by atomic mass is 35.5. The maximum atomic E-state index is 16.3. The van der Waals surface area contributed by atoms with Crippen LogP contribution in [0.15, 0.2) is 97.1 Å². The molecule has 4 aromatic rings. The molecule has 5 atom stereocenters. The van der Waals surface area contributed by atoms with Gasteiger partial charge in [-0.05, 0) is 53.3 Å². The van der Waals surface area contributed by atoms with Crippen molar-refractivity contribution in [2.24, 2.45) is 5.73 Å². The smallest absolute Gasteiger partial charge is 0.324 e. The number of nitrogens with zero attached hydrogens (tertiary/aromatic N) is 1. The van der Waals surface area contributed by atoms with Crippen molar-refractivity contribution in [2.45, 2.75) is 67.3 Å². The van der Waals surface area contributed by atoms with Gasteiger partial charge >= 0.3 is 5.97 Å². The summed E-state index contributed by atoms with van der Waals surface area (Å²) in [4.78, 5) is 16.9. The van der Waals surface area contributed by atoms with Crippen molar-refractivity contribution in [1.82, 2.24) is 4.90 Å². The Kier molecular flexibility index (Phi) is 7.45. The number of hydrogen-bond donors (Lipinski definition) is 2. The molecule has 2 heterocycles. The standard InChI is InChI=1S/C36H34Cl2FN3O2/c37-24-17-18-26(28(40)21-24)36(41)29(25-15-10-16-27(38)30(25)39)32-34(43)44-33(23-13-6-2-7-14-23)31(22-11-4-1-5-12-22)42(32)35(36)19-8-3-9-20-35/h1-2,4-7,10-18,21,29,31-33H,3,8-9,19-20,40-41H2/t29-,31+,32+,33-,36+/m0/s1. The van der Waals surface area contributed by atoms with E-state index in [4.69, 9.17) is 39.4 Å². The fraction of sp³-hybridized carbons (Fsp3) is 0.306. The number of carbonyl (C=O) groups is 1. The number of rotatable bonds is 4. The van der Waals surface area contributed by atoms with Crippen LogP contribution >= 0.6 is 23.2 Å². The second-order valence-electron chi connectivity index (χ2n) is 12.3. The third-order valence-corrected chi connectivity index (χ3v) is 10.7. The first-order valence-electron chi connectivity index (χ1n) is 15.1. The van der Waals surface area contributed by atoms with Crippen molar-refractivity contribution in [3.05, 3.63) is 135 Å². The van der Waals surface area contributed by atoms with E-state index in [1.54, 1.807) is 24.3 Å². The van der Waals surface area contributed by atoms with Crippen LogP contribution in [0.3, 0.4) is 0 Å². The Hall–Kier alpha value is -3.42. The summed E-state index contributed by atoms with van der Waals surface area (Å²) in [5.41, 5.74) is 15.7. The number of halogens is 3. The number of carbonyl (C=O) groups excluding carboxylic acids is 1. The zero-order valence-electron chi connectivity index (χ0n) is 24.1. The van der Waals surface area contributed by atoms with Crippen LogP contribution in [-0.2, 0) is 15.1 Å². The summed E-state index contributed by atoms with van der Waals surface area (Å²) in [5, 5.41) is 0.440. The van der Waals surface area contributed by atoms with Crippen molar-refractivity contribution >= 4 is 34.9 Å². The molecule has 7 rings (SSSR count). The molecule has 44 heavy (non-hydrogen) atoms. The maximum absolute atomic E-state index is 16.3. The molecule has 0 bridgehead atoms. The normalized spacial score (nSPS) is 28.0. The van der Waals surface area contributed by atoms with E-state index in [1.165, 1.54) is 6.07 Å². The van der Waals surface area contributed by atoms with Gasteiger partial charge in [-0.1, -0.05) is 121 Å². The molecule has 0 amide bonds. The molecule has 0 radical (unpaired) electrons. The van der Waals surface area contributed by atoms with Crippen molar-refractivity contribution in [2.75, 3.05) is 5.73 Å². The van der Waals surface area contributed by atoms with Crippen molar-refractivity contribution in [3.63, 3.8) is 0 Å². The lowest BCUT2D eigenvalue weighted by molar-refractivity contribution is -0.182. The third-order valence-electron chi connectivity index (χ3n) is 10.2. The number of hydrogen-bond acceptors (Lipinski definition) is 5. The number of morpholine rings is 1. The predicted molar refractivity (Wildman–Crippen MR) is 172 cm³/mol. The molecule has 2 saturated heterocycles. The zero-order valence-corrected chi connectivity index (χ0v) is 25.6. The second kappa shape index (κ2) is 11.2. The largest absolute Gasteiger partial charge is 0.454 e. The number of anilines is 1. The van der Waals surface area contributed by atoms with Gasteiger partial charge in [-0.3, -0.25) is 9.69 Å².